The maximum absolute atomic E-state index is 13.4. The third-order valence-electron chi connectivity index (χ3n) is 4.86. The van der Waals surface area contributed by atoms with Crippen LogP contribution in [-0.4, -0.2) is 47.1 Å². The first-order valence-corrected chi connectivity index (χ1v) is 7.61. The van der Waals surface area contributed by atoms with Crippen molar-refractivity contribution in [2.45, 2.75) is 38.3 Å². The molecule has 0 saturated carbocycles. The van der Waals surface area contributed by atoms with Crippen LogP contribution in [0.3, 0.4) is 0 Å². The molecule has 20 heavy (non-hydrogen) atoms. The van der Waals surface area contributed by atoms with Gasteiger partial charge in [0.15, 0.2) is 0 Å². The fourth-order valence-corrected chi connectivity index (χ4v) is 3.59. The van der Waals surface area contributed by atoms with Crippen LogP contribution in [0.5, 0.6) is 5.75 Å². The zero-order chi connectivity index (χ0) is 14.1. The molecule has 0 aromatic heterocycles. The molecule has 0 bridgehead atoms. The monoisotopic (exact) mass is 278 g/mol. The van der Waals surface area contributed by atoms with E-state index < -0.39 is 0 Å². The van der Waals surface area contributed by atoms with Crippen LogP contribution in [0.25, 0.3) is 0 Å². The Hall–Kier alpha value is -1.13. The molecule has 0 amide bonds. The van der Waals surface area contributed by atoms with E-state index in [1.54, 1.807) is 0 Å². The number of hydrogen-bond acceptors (Lipinski definition) is 3. The number of hydrogen-bond donors (Lipinski definition) is 1. The van der Waals surface area contributed by atoms with E-state index in [9.17, 15) is 9.50 Å². The second kappa shape index (κ2) is 5.70. The van der Waals surface area contributed by atoms with Crippen LogP contribution in [0.2, 0.25) is 0 Å². The minimum Gasteiger partial charge on any atom is -0.508 e. The average Bonchev–Trinajstić information content (AvgIpc) is 2.48. The SMILES string of the molecule is CC(c1cc(F)ccc1O)N1CCN2CCCCC2C1. The molecule has 4 heteroatoms. The number of piperazine rings is 1. The van der Waals surface area contributed by atoms with E-state index in [2.05, 4.69) is 16.7 Å². The van der Waals surface area contributed by atoms with Crippen molar-refractivity contribution >= 4 is 0 Å². The predicted octanol–water partition coefficient (Wildman–Crippen LogP) is 2.76. The van der Waals surface area contributed by atoms with Crippen molar-refractivity contribution in [1.29, 1.82) is 0 Å². The third-order valence-corrected chi connectivity index (χ3v) is 4.86. The Morgan fingerprint density at radius 1 is 1.25 bits per heavy atom. The Bertz CT molecular complexity index is 480. The van der Waals surface area contributed by atoms with Gasteiger partial charge in [-0.2, -0.15) is 0 Å². The molecule has 2 heterocycles. The van der Waals surface area contributed by atoms with Crippen molar-refractivity contribution < 1.29 is 9.50 Å². The molecule has 3 rings (SSSR count). The molecule has 3 nitrogen and oxygen atoms in total. The summed E-state index contributed by atoms with van der Waals surface area (Å²) >= 11 is 0. The van der Waals surface area contributed by atoms with Gasteiger partial charge in [0, 0.05) is 37.3 Å². The summed E-state index contributed by atoms with van der Waals surface area (Å²) in [5.74, 6) is -0.0778. The lowest BCUT2D eigenvalue weighted by molar-refractivity contribution is 0.0302. The van der Waals surface area contributed by atoms with Gasteiger partial charge in [0.05, 0.1) is 0 Å². The molecular weight excluding hydrogens is 255 g/mol. The first kappa shape index (κ1) is 13.8. The summed E-state index contributed by atoms with van der Waals surface area (Å²) < 4.78 is 13.4. The van der Waals surface area contributed by atoms with E-state index >= 15 is 0 Å². The van der Waals surface area contributed by atoms with Gasteiger partial charge in [0.1, 0.15) is 11.6 Å². The molecule has 2 saturated heterocycles. The fraction of sp³-hybridized carbons (Fsp3) is 0.625. The molecule has 2 aliphatic rings. The Labute approximate surface area is 120 Å². The normalized spacial score (nSPS) is 26.2. The first-order chi connectivity index (χ1) is 9.65. The van der Waals surface area contributed by atoms with Gasteiger partial charge in [-0.3, -0.25) is 9.80 Å². The Morgan fingerprint density at radius 3 is 2.95 bits per heavy atom. The smallest absolute Gasteiger partial charge is 0.123 e. The number of phenols is 1. The molecule has 2 atom stereocenters. The zero-order valence-electron chi connectivity index (χ0n) is 12.1. The predicted molar refractivity (Wildman–Crippen MR) is 77.3 cm³/mol. The van der Waals surface area contributed by atoms with Crippen LogP contribution in [0.4, 0.5) is 4.39 Å². The van der Waals surface area contributed by atoms with Gasteiger partial charge in [-0.1, -0.05) is 6.42 Å². The molecular formula is C16H23FN2O. The van der Waals surface area contributed by atoms with Crippen molar-refractivity contribution in [3.05, 3.63) is 29.6 Å². The quantitative estimate of drug-likeness (QED) is 0.901. The minimum absolute atomic E-state index is 0.0646. The van der Waals surface area contributed by atoms with E-state index in [1.807, 2.05) is 0 Å². The lowest BCUT2D eigenvalue weighted by Crippen LogP contribution is -2.55. The molecule has 1 aromatic rings. The highest BCUT2D eigenvalue weighted by molar-refractivity contribution is 5.35. The standard InChI is InChI=1S/C16H23FN2O/c1-12(15-10-13(17)5-6-16(15)20)19-9-8-18-7-3-2-4-14(18)11-19/h5-6,10,12,14,20H,2-4,7-9,11H2,1H3. The lowest BCUT2D eigenvalue weighted by Gasteiger charge is -2.46. The van der Waals surface area contributed by atoms with Gasteiger partial charge in [-0.15, -0.1) is 0 Å². The zero-order valence-corrected chi connectivity index (χ0v) is 12.1. The van der Waals surface area contributed by atoms with E-state index in [0.717, 1.165) is 19.6 Å². The first-order valence-electron chi connectivity index (χ1n) is 7.61. The van der Waals surface area contributed by atoms with Crippen LogP contribution >= 0.6 is 0 Å². The molecule has 0 radical (unpaired) electrons. The van der Waals surface area contributed by atoms with Gasteiger partial charge >= 0.3 is 0 Å². The second-order valence-corrected chi connectivity index (χ2v) is 6.06. The molecule has 2 aliphatic heterocycles. The van der Waals surface area contributed by atoms with Gasteiger partial charge in [-0.05, 0) is 44.5 Å². The number of aromatic hydroxyl groups is 1. The molecule has 2 unspecified atom stereocenters. The highest BCUT2D eigenvalue weighted by Crippen LogP contribution is 2.32. The summed E-state index contributed by atoms with van der Waals surface area (Å²) in [4.78, 5) is 4.96. The largest absolute Gasteiger partial charge is 0.508 e. The van der Waals surface area contributed by atoms with Crippen LogP contribution in [0, 0.1) is 5.82 Å². The number of benzene rings is 1. The number of nitrogens with zero attached hydrogens (tertiary/aromatic N) is 2. The highest BCUT2D eigenvalue weighted by atomic mass is 19.1. The van der Waals surface area contributed by atoms with Gasteiger partial charge in [0.2, 0.25) is 0 Å². The second-order valence-electron chi connectivity index (χ2n) is 6.06. The lowest BCUT2D eigenvalue weighted by atomic mass is 9.97. The van der Waals surface area contributed by atoms with Crippen molar-refractivity contribution in [1.82, 2.24) is 9.80 Å². The number of piperidine rings is 1. The van der Waals surface area contributed by atoms with Crippen LogP contribution in [0.1, 0.15) is 37.8 Å². The van der Waals surface area contributed by atoms with E-state index in [-0.39, 0.29) is 17.6 Å². The summed E-state index contributed by atoms with van der Waals surface area (Å²) in [6.45, 7) is 6.39. The van der Waals surface area contributed by atoms with Crippen LogP contribution < -0.4 is 0 Å². The number of phenolic OH excluding ortho intramolecular Hbond substituents is 1. The van der Waals surface area contributed by atoms with Crippen molar-refractivity contribution in [2.75, 3.05) is 26.2 Å². The fourth-order valence-electron chi connectivity index (χ4n) is 3.59. The molecule has 2 fully saturated rings. The maximum atomic E-state index is 13.4. The van der Waals surface area contributed by atoms with Crippen LogP contribution in [-0.2, 0) is 0 Å². The Balaban J connectivity index is 1.74. The topological polar surface area (TPSA) is 26.7 Å². The third kappa shape index (κ3) is 2.67. The Kier molecular flexibility index (Phi) is 3.94. The minimum atomic E-state index is -0.277. The summed E-state index contributed by atoms with van der Waals surface area (Å²) in [7, 11) is 0. The molecule has 0 aliphatic carbocycles. The van der Waals surface area contributed by atoms with Crippen molar-refractivity contribution in [3.8, 4) is 5.75 Å². The number of halogens is 1. The molecule has 0 spiro atoms. The highest BCUT2D eigenvalue weighted by Gasteiger charge is 2.31. The van der Waals surface area contributed by atoms with Gasteiger partial charge in [0.25, 0.3) is 0 Å². The Morgan fingerprint density at radius 2 is 2.10 bits per heavy atom. The number of fused-ring (bicyclic) bond motifs is 1. The van der Waals surface area contributed by atoms with Crippen molar-refractivity contribution in [2.24, 2.45) is 0 Å². The molecule has 110 valence electrons. The maximum Gasteiger partial charge on any atom is 0.123 e. The summed E-state index contributed by atoms with van der Waals surface area (Å²) in [5.41, 5.74) is 0.703. The average molecular weight is 278 g/mol. The van der Waals surface area contributed by atoms with E-state index in [1.165, 1.54) is 44.0 Å². The number of rotatable bonds is 2. The molecule has 1 aromatic carbocycles. The molecule has 1 N–H and O–H groups in total. The van der Waals surface area contributed by atoms with E-state index in [4.69, 9.17) is 0 Å². The summed E-state index contributed by atoms with van der Waals surface area (Å²) in [6.07, 6.45) is 3.89. The van der Waals surface area contributed by atoms with E-state index in [0.29, 0.717) is 11.6 Å². The van der Waals surface area contributed by atoms with Crippen LogP contribution in [0.15, 0.2) is 18.2 Å². The van der Waals surface area contributed by atoms with Crippen molar-refractivity contribution in [3.63, 3.8) is 0 Å². The van der Waals surface area contributed by atoms with Gasteiger partial charge < -0.3 is 5.11 Å². The summed E-state index contributed by atoms with van der Waals surface area (Å²) in [5, 5.41) is 9.96. The summed E-state index contributed by atoms with van der Waals surface area (Å²) in [6, 6.07) is 4.93. The van der Waals surface area contributed by atoms with Gasteiger partial charge in [-0.25, -0.2) is 4.39 Å².